The van der Waals surface area contributed by atoms with Gasteiger partial charge in [-0.3, -0.25) is 4.79 Å². The predicted molar refractivity (Wildman–Crippen MR) is 66.9 cm³/mol. The van der Waals surface area contributed by atoms with Gasteiger partial charge in [0.2, 0.25) is 5.91 Å². The molecule has 2 rings (SSSR count). The lowest BCUT2D eigenvalue weighted by Crippen LogP contribution is -2.48. The first-order chi connectivity index (χ1) is 8.08. The first-order valence-electron chi connectivity index (χ1n) is 5.85. The van der Waals surface area contributed by atoms with E-state index in [4.69, 9.17) is 0 Å². The minimum atomic E-state index is -0.446. The molecule has 1 unspecified atom stereocenters. The Kier molecular flexibility index (Phi) is 3.33. The summed E-state index contributed by atoms with van der Waals surface area (Å²) in [5, 5.41) is 9.43. The Labute approximate surface area is 101 Å². The minimum Gasteiger partial charge on any atom is -0.389 e. The average Bonchev–Trinajstić information content (AvgIpc) is 2.33. The summed E-state index contributed by atoms with van der Waals surface area (Å²) in [7, 11) is 1.83. The van der Waals surface area contributed by atoms with Gasteiger partial charge in [-0.1, -0.05) is 12.1 Å². The summed E-state index contributed by atoms with van der Waals surface area (Å²) in [4.78, 5) is 15.4. The fraction of sp³-hybridized carbons (Fsp3) is 0.462. The van der Waals surface area contributed by atoms with E-state index in [2.05, 4.69) is 4.90 Å². The molecule has 1 aromatic carbocycles. The lowest BCUT2D eigenvalue weighted by molar-refractivity contribution is -0.129. The fourth-order valence-corrected chi connectivity index (χ4v) is 1.94. The summed E-state index contributed by atoms with van der Waals surface area (Å²) in [6, 6.07) is 7.73. The number of piperazine rings is 1. The van der Waals surface area contributed by atoms with Crippen LogP contribution in [-0.2, 0) is 4.79 Å². The number of likely N-dealkylation sites (N-methyl/N-ethyl adjacent to an activating group) is 1. The molecular formula is C13H18N2O2. The van der Waals surface area contributed by atoms with Crippen molar-refractivity contribution in [2.24, 2.45) is 0 Å². The van der Waals surface area contributed by atoms with Crippen LogP contribution in [0.4, 0.5) is 5.69 Å². The molecule has 0 radical (unpaired) electrons. The molecule has 4 nitrogen and oxygen atoms in total. The Morgan fingerprint density at radius 2 is 1.88 bits per heavy atom. The number of carbonyl (C=O) groups is 1. The summed E-state index contributed by atoms with van der Waals surface area (Å²) < 4.78 is 0. The molecule has 1 aliphatic rings. The second kappa shape index (κ2) is 4.75. The van der Waals surface area contributed by atoms with Gasteiger partial charge in [-0.2, -0.15) is 0 Å². The van der Waals surface area contributed by atoms with Crippen molar-refractivity contribution in [3.8, 4) is 0 Å². The second-order valence-electron chi connectivity index (χ2n) is 4.50. The number of carbonyl (C=O) groups excluding carboxylic acids is 1. The molecule has 1 amide bonds. The van der Waals surface area contributed by atoms with E-state index < -0.39 is 6.10 Å². The van der Waals surface area contributed by atoms with E-state index in [1.807, 2.05) is 31.3 Å². The molecule has 1 fully saturated rings. The van der Waals surface area contributed by atoms with E-state index in [1.165, 1.54) is 0 Å². The van der Waals surface area contributed by atoms with Gasteiger partial charge in [0.1, 0.15) is 0 Å². The summed E-state index contributed by atoms with van der Waals surface area (Å²) in [5.41, 5.74) is 1.94. The smallest absolute Gasteiger partial charge is 0.241 e. The van der Waals surface area contributed by atoms with Gasteiger partial charge in [-0.25, -0.2) is 0 Å². The molecule has 0 bridgehead atoms. The second-order valence-corrected chi connectivity index (χ2v) is 4.50. The third-order valence-electron chi connectivity index (χ3n) is 3.20. The Morgan fingerprint density at radius 3 is 2.41 bits per heavy atom. The zero-order valence-electron chi connectivity index (χ0n) is 10.3. The van der Waals surface area contributed by atoms with Crippen molar-refractivity contribution in [2.75, 3.05) is 31.6 Å². The molecule has 92 valence electrons. The SMILES string of the molecule is CC(O)c1ccc(N2CCN(C)C(=O)C2)cc1. The molecule has 17 heavy (non-hydrogen) atoms. The number of hydrogen-bond donors (Lipinski definition) is 1. The van der Waals surface area contributed by atoms with Crippen LogP contribution in [0.25, 0.3) is 0 Å². The lowest BCUT2D eigenvalue weighted by atomic mass is 10.1. The molecule has 1 N–H and O–H groups in total. The highest BCUT2D eigenvalue weighted by atomic mass is 16.3. The molecule has 0 aromatic heterocycles. The largest absolute Gasteiger partial charge is 0.389 e. The molecule has 0 spiro atoms. The Bertz CT molecular complexity index is 400. The molecule has 0 aliphatic carbocycles. The zero-order valence-corrected chi connectivity index (χ0v) is 10.3. The Balaban J connectivity index is 2.10. The summed E-state index contributed by atoms with van der Waals surface area (Å²) in [6.07, 6.45) is -0.446. The minimum absolute atomic E-state index is 0.149. The number of anilines is 1. The van der Waals surface area contributed by atoms with Gasteiger partial charge in [0.15, 0.2) is 0 Å². The van der Waals surface area contributed by atoms with E-state index in [0.29, 0.717) is 6.54 Å². The molecule has 1 heterocycles. The van der Waals surface area contributed by atoms with Gasteiger partial charge in [0, 0.05) is 25.8 Å². The zero-order chi connectivity index (χ0) is 12.4. The van der Waals surface area contributed by atoms with E-state index in [9.17, 15) is 9.90 Å². The highest BCUT2D eigenvalue weighted by Crippen LogP contribution is 2.20. The summed E-state index contributed by atoms with van der Waals surface area (Å²) >= 11 is 0. The van der Waals surface area contributed by atoms with Crippen molar-refractivity contribution in [3.05, 3.63) is 29.8 Å². The fourth-order valence-electron chi connectivity index (χ4n) is 1.94. The van der Waals surface area contributed by atoms with Crippen LogP contribution in [0.3, 0.4) is 0 Å². The van der Waals surface area contributed by atoms with Gasteiger partial charge >= 0.3 is 0 Å². The standard InChI is InChI=1S/C13H18N2O2/c1-10(16)11-3-5-12(6-4-11)15-8-7-14(2)13(17)9-15/h3-6,10,16H,7-9H2,1-2H3. The van der Waals surface area contributed by atoms with Crippen LogP contribution in [-0.4, -0.2) is 42.6 Å². The Morgan fingerprint density at radius 1 is 1.24 bits per heavy atom. The van der Waals surface area contributed by atoms with Crippen molar-refractivity contribution in [1.29, 1.82) is 0 Å². The maximum Gasteiger partial charge on any atom is 0.241 e. The van der Waals surface area contributed by atoms with Gasteiger partial charge in [0.05, 0.1) is 12.6 Å². The first kappa shape index (κ1) is 11.9. The maximum atomic E-state index is 11.6. The number of benzene rings is 1. The van der Waals surface area contributed by atoms with Gasteiger partial charge in [0.25, 0.3) is 0 Å². The summed E-state index contributed by atoms with van der Waals surface area (Å²) in [5.74, 6) is 0.149. The van der Waals surface area contributed by atoms with Crippen molar-refractivity contribution < 1.29 is 9.90 Å². The van der Waals surface area contributed by atoms with Gasteiger partial charge in [-0.05, 0) is 24.6 Å². The lowest BCUT2D eigenvalue weighted by Gasteiger charge is -2.33. The number of aliphatic hydroxyl groups excluding tert-OH is 1. The van der Waals surface area contributed by atoms with Crippen LogP contribution < -0.4 is 4.90 Å². The Hall–Kier alpha value is -1.55. The van der Waals surface area contributed by atoms with Crippen molar-refractivity contribution in [3.63, 3.8) is 0 Å². The van der Waals surface area contributed by atoms with E-state index in [1.54, 1.807) is 11.8 Å². The van der Waals surface area contributed by atoms with E-state index in [-0.39, 0.29) is 5.91 Å². The maximum absolute atomic E-state index is 11.6. The van der Waals surface area contributed by atoms with Crippen molar-refractivity contribution >= 4 is 11.6 Å². The molecule has 1 atom stereocenters. The number of hydrogen-bond acceptors (Lipinski definition) is 3. The summed E-state index contributed by atoms with van der Waals surface area (Å²) in [6.45, 7) is 3.80. The highest BCUT2D eigenvalue weighted by molar-refractivity contribution is 5.82. The number of aliphatic hydroxyl groups is 1. The third-order valence-corrected chi connectivity index (χ3v) is 3.20. The van der Waals surface area contributed by atoms with Crippen LogP contribution >= 0.6 is 0 Å². The molecule has 1 saturated heterocycles. The average molecular weight is 234 g/mol. The topological polar surface area (TPSA) is 43.8 Å². The monoisotopic (exact) mass is 234 g/mol. The van der Waals surface area contributed by atoms with Crippen LogP contribution in [0.5, 0.6) is 0 Å². The molecular weight excluding hydrogens is 216 g/mol. The van der Waals surface area contributed by atoms with Crippen LogP contribution in [0, 0.1) is 0 Å². The van der Waals surface area contributed by atoms with E-state index >= 15 is 0 Å². The van der Waals surface area contributed by atoms with Crippen LogP contribution in [0.2, 0.25) is 0 Å². The van der Waals surface area contributed by atoms with Crippen LogP contribution in [0.15, 0.2) is 24.3 Å². The molecule has 1 aliphatic heterocycles. The van der Waals surface area contributed by atoms with Crippen molar-refractivity contribution in [1.82, 2.24) is 4.90 Å². The number of rotatable bonds is 2. The van der Waals surface area contributed by atoms with Crippen LogP contribution in [0.1, 0.15) is 18.6 Å². The normalized spacial score (nSPS) is 18.4. The predicted octanol–water partition coefficient (Wildman–Crippen LogP) is 1.02. The van der Waals surface area contributed by atoms with Crippen molar-refractivity contribution in [2.45, 2.75) is 13.0 Å². The number of nitrogens with zero attached hydrogens (tertiary/aromatic N) is 2. The van der Waals surface area contributed by atoms with E-state index in [0.717, 1.165) is 24.3 Å². The first-order valence-corrected chi connectivity index (χ1v) is 5.85. The highest BCUT2D eigenvalue weighted by Gasteiger charge is 2.20. The molecule has 0 saturated carbocycles. The number of amides is 1. The van der Waals surface area contributed by atoms with Gasteiger partial charge < -0.3 is 14.9 Å². The molecule has 1 aromatic rings. The quantitative estimate of drug-likeness (QED) is 0.831. The molecule has 4 heteroatoms. The third kappa shape index (κ3) is 2.58. The van der Waals surface area contributed by atoms with Gasteiger partial charge in [-0.15, -0.1) is 0 Å².